The minimum absolute atomic E-state index is 0. The second kappa shape index (κ2) is 51.7. The molecule has 14 aromatic rings. The lowest BCUT2D eigenvalue weighted by molar-refractivity contribution is -0.145. The Hall–Kier alpha value is -14.4. The zero-order valence-electron chi connectivity index (χ0n) is 73.2. The smallest absolute Gasteiger partial charge is 0.331 e. The Bertz CT molecular complexity index is 6470. The molecule has 132 heavy (non-hydrogen) atoms. The van der Waals surface area contributed by atoms with E-state index in [0.29, 0.717) is 118 Å². The summed E-state index contributed by atoms with van der Waals surface area (Å²) in [6, 6.07) is 54.5. The minimum Gasteiger partial charge on any atom is -0.507 e. The number of aliphatic carboxylic acids is 1. The van der Waals surface area contributed by atoms with Gasteiger partial charge in [-0.2, -0.15) is 4.98 Å². The quantitative estimate of drug-likeness (QED) is 0.00928. The SMILES string of the molecule is C/C(=N\O)c1ccc(Br)cc1O.CC(=O)O/N=C(\C)c1ccc(Br)cc1O.CC(=O)c1ccc(Br)cc1O.Cc1noc2cc(-c3noc(C4CCN(C(=O)CNC(=O)c5ccccc5)CC4)n3)ccc12.Cc1noc2cc(/C(N)=N/O)ccc12.Cc1noc2cc(Br)ccc12.O.O=C(NCC(=O)N1CCC(C(=O)O)CC1)c1ccccc1.[2H]CF.[C-]#[N+]c1ccc2c(C)noc2c1. The van der Waals surface area contributed by atoms with E-state index in [1.54, 1.807) is 145 Å². The van der Waals surface area contributed by atoms with Gasteiger partial charge in [0.15, 0.2) is 39.6 Å². The number of phenols is 3. The number of fused-ring (bicyclic) bond motifs is 4. The Labute approximate surface area is 789 Å². The molecule has 4 amide bonds. The van der Waals surface area contributed by atoms with Gasteiger partial charge >= 0.3 is 11.9 Å². The number of aromatic nitrogens is 6. The first-order valence-corrected chi connectivity index (χ1v) is 42.8. The molecule has 5 aromatic heterocycles. The Kier molecular flexibility index (Phi) is 40.3. The molecule has 0 unspecified atom stereocenters. The van der Waals surface area contributed by atoms with Crippen molar-refractivity contribution in [3.05, 3.63) is 279 Å². The summed E-state index contributed by atoms with van der Waals surface area (Å²) in [5, 5.41) is 92.2. The van der Waals surface area contributed by atoms with Crippen molar-refractivity contribution in [3.8, 4) is 28.6 Å². The number of benzene rings is 9. The van der Waals surface area contributed by atoms with Crippen LogP contribution in [0.2, 0.25) is 0 Å². The predicted octanol–water partition coefficient (Wildman–Crippen LogP) is 17.8. The zero-order valence-corrected chi connectivity index (χ0v) is 78.5. The maximum Gasteiger partial charge on any atom is 0.331 e. The zero-order chi connectivity index (χ0) is 96.3. The van der Waals surface area contributed by atoms with Gasteiger partial charge in [-0.15, -0.1) is 0 Å². The number of oxime groups is 3. The maximum atomic E-state index is 12.5. The normalized spacial score (nSPS) is 12.5. The molecule has 0 aliphatic carbocycles. The second-order valence-corrected chi connectivity index (χ2v) is 32.3. The van der Waals surface area contributed by atoms with Crippen LogP contribution < -0.4 is 16.4 Å². The second-order valence-electron chi connectivity index (χ2n) is 28.6. The highest BCUT2D eigenvalue weighted by Gasteiger charge is 2.30. The number of nitrogens with zero attached hydrogens (tertiary/aromatic N) is 12. The summed E-state index contributed by atoms with van der Waals surface area (Å²) in [7, 11) is -1.00. The van der Waals surface area contributed by atoms with Crippen molar-refractivity contribution in [2.75, 3.05) is 46.4 Å². The van der Waals surface area contributed by atoms with Crippen LogP contribution in [0.4, 0.5) is 10.1 Å². The van der Waals surface area contributed by atoms with Gasteiger partial charge in [-0.05, 0) is 202 Å². The molecule has 0 atom stereocenters. The number of piperidine rings is 2. The van der Waals surface area contributed by atoms with Crippen LogP contribution in [-0.2, 0) is 24.0 Å². The summed E-state index contributed by atoms with van der Waals surface area (Å²) in [5.41, 5.74) is 17.0. The molecule has 40 heteroatoms. The van der Waals surface area contributed by atoms with E-state index in [4.69, 9.17) is 51.8 Å². The number of amides is 4. The van der Waals surface area contributed by atoms with Gasteiger partial charge < -0.3 is 89.9 Å². The number of carboxylic acid groups (broad SMARTS) is 1. The molecule has 690 valence electrons. The van der Waals surface area contributed by atoms with Crippen molar-refractivity contribution in [2.45, 2.75) is 87.0 Å². The lowest BCUT2D eigenvalue weighted by Crippen LogP contribution is -2.45. The number of halogens is 5. The largest absolute Gasteiger partial charge is 0.507 e. The third-order valence-corrected chi connectivity index (χ3v) is 21.5. The van der Waals surface area contributed by atoms with Crippen LogP contribution in [0, 0.1) is 40.2 Å². The van der Waals surface area contributed by atoms with E-state index < -0.39 is 19.1 Å². The van der Waals surface area contributed by atoms with Crippen LogP contribution in [0.5, 0.6) is 17.2 Å². The van der Waals surface area contributed by atoms with E-state index in [0.717, 1.165) is 86.2 Å². The lowest BCUT2D eigenvalue weighted by Gasteiger charge is -2.30. The van der Waals surface area contributed by atoms with E-state index in [9.17, 15) is 53.3 Å². The molecule has 16 rings (SSSR count). The van der Waals surface area contributed by atoms with E-state index in [-0.39, 0.29) is 82.9 Å². The van der Waals surface area contributed by atoms with Crippen molar-refractivity contribution < 1.29 is 103 Å². The van der Waals surface area contributed by atoms with Gasteiger partial charge in [0.1, 0.15) is 17.2 Å². The molecule has 35 nitrogen and oxygen atoms in total. The minimum atomic E-state index is -1.00. The lowest BCUT2D eigenvalue weighted by atomic mass is 9.96. The number of aromatic hydroxyl groups is 3. The molecule has 0 radical (unpaired) electrons. The van der Waals surface area contributed by atoms with Crippen LogP contribution in [0.1, 0.15) is 137 Å². The number of aryl methyl sites for hydroxylation is 4. The highest BCUT2D eigenvalue weighted by Crippen LogP contribution is 2.33. The first-order valence-electron chi connectivity index (χ1n) is 40.3. The highest BCUT2D eigenvalue weighted by molar-refractivity contribution is 9.11. The fraction of sp³-hybridized carbons (Fsp3) is 0.228. The maximum absolute atomic E-state index is 12.5. The molecule has 2 aliphatic heterocycles. The Balaban J connectivity index is 0.000000214. The molecule has 2 saturated heterocycles. The Morgan fingerprint density at radius 1 is 0.523 bits per heavy atom. The summed E-state index contributed by atoms with van der Waals surface area (Å²) in [6.45, 7) is 22.2. The predicted molar refractivity (Wildman–Crippen MR) is 504 cm³/mol. The number of phenolic OH excluding ortho intramolecular Hbond substituents is 3. The van der Waals surface area contributed by atoms with Gasteiger partial charge in [-0.25, -0.2) is 9.64 Å². The molecular formula is C92H92Br4FN15O20. The molecule has 0 spiro atoms. The summed E-state index contributed by atoms with van der Waals surface area (Å²) in [6.07, 6.45) is 2.38. The van der Waals surface area contributed by atoms with Gasteiger partial charge in [-0.3, -0.25) is 33.2 Å². The third-order valence-electron chi connectivity index (χ3n) is 19.6. The number of alkyl halides is 1. The molecule has 2 fully saturated rings. The fourth-order valence-electron chi connectivity index (χ4n) is 12.5. The number of hydrogen-bond donors (Lipinski definition) is 9. The number of ketones is 1. The monoisotopic (exact) mass is 2060 g/mol. The first-order chi connectivity index (χ1) is 63.1. The molecule has 12 N–H and O–H groups in total. The topological polar surface area (TPSA) is 523 Å². The highest BCUT2D eigenvalue weighted by atomic mass is 79.9. The van der Waals surface area contributed by atoms with Gasteiger partial charge in [0.05, 0.1) is 73.9 Å². The van der Waals surface area contributed by atoms with Gasteiger partial charge in [0.2, 0.25) is 23.5 Å². The summed E-state index contributed by atoms with van der Waals surface area (Å²) in [4.78, 5) is 96.3. The number of Topliss-reactive ketones (excluding diaryl/α,β-unsaturated/α-hetero) is 1. The van der Waals surface area contributed by atoms with Gasteiger partial charge in [0.25, 0.3) is 11.8 Å². The van der Waals surface area contributed by atoms with Crippen molar-refractivity contribution in [2.24, 2.45) is 27.1 Å². The molecule has 9 aromatic carbocycles. The van der Waals surface area contributed by atoms with Crippen LogP contribution in [0.15, 0.2) is 244 Å². The number of nitrogens with two attached hydrogens (primary N) is 1. The number of hydrogen-bond acceptors (Lipinski definition) is 27. The van der Waals surface area contributed by atoms with E-state index in [1.165, 1.54) is 19.9 Å². The third kappa shape index (κ3) is 30.6. The number of likely N-dealkylation sites (tertiary alicyclic amines) is 2. The van der Waals surface area contributed by atoms with Gasteiger partial charge in [0, 0.05) is 112 Å². The Morgan fingerprint density at radius 3 is 1.36 bits per heavy atom. The number of amidine groups is 1. The number of carbonyl (C=O) groups is 7. The molecule has 0 saturated carbocycles. The van der Waals surface area contributed by atoms with Crippen LogP contribution in [0.3, 0.4) is 0 Å². The Morgan fingerprint density at radius 2 is 0.924 bits per heavy atom. The number of nitrogens with one attached hydrogen (secondary N) is 2. The molecule has 2 aliphatic rings. The van der Waals surface area contributed by atoms with Crippen molar-refractivity contribution >= 4 is 172 Å². The van der Waals surface area contributed by atoms with Crippen LogP contribution in [-0.4, -0.2) is 182 Å². The number of rotatable bonds is 14. The molecular weight excluding hydrogens is 1970 g/mol. The fourth-order valence-corrected chi connectivity index (χ4v) is 13.9. The first kappa shape index (κ1) is 103. The van der Waals surface area contributed by atoms with E-state index in [2.05, 4.69) is 130 Å². The summed E-state index contributed by atoms with van der Waals surface area (Å²) < 4.78 is 44.8. The van der Waals surface area contributed by atoms with Gasteiger partial charge in [-0.1, -0.05) is 166 Å². The average molecular weight is 2070 g/mol. The van der Waals surface area contributed by atoms with Crippen molar-refractivity contribution in [3.63, 3.8) is 0 Å². The molecule has 0 bridgehead atoms. The van der Waals surface area contributed by atoms with E-state index >= 15 is 0 Å². The van der Waals surface area contributed by atoms with Crippen LogP contribution >= 0.6 is 63.7 Å². The van der Waals surface area contributed by atoms with E-state index in [1.807, 2.05) is 88.4 Å². The van der Waals surface area contributed by atoms with Crippen molar-refractivity contribution in [1.29, 1.82) is 0 Å². The average Bonchev–Trinajstić information content (AvgIpc) is 1.67. The molecule has 7 heterocycles. The summed E-state index contributed by atoms with van der Waals surface area (Å²) in [5.74, 6) is -1.20. The van der Waals surface area contributed by atoms with Crippen LogP contribution in [0.25, 0.3) is 60.1 Å². The standard InChI is InChI=1S/C24H23N5O4.C15H18N2O4.C10H10BrNO3.C9H9N3O2.C9H6N2O.C8H8BrNO2.C8H6BrNO.C8H7BrO2.CH3F.H2O/c1-15-19-8-7-18(13-20(19)32-27-15)22-26-24(33-28-22)17-9-11-29(12-10-17)21(30)14-25-23(31)16-5-3-2-4-6-16;18-13(17-8-6-12(7-9-17)15(20)21)10-16-14(19)11-4-2-1-3-5-11;1-6(12-15-7(2)13)9-4-3-8(11)5-10(9)14;1-5-7-3-2-6(9(10)11-13)4-8(7)14-12-5;1-6-8-4-3-7(10-2)5-9(8)12-11-6;1-5(10-12)7-3-2-6(9)4-8(7)11;1-5-7-3-2-6(9)4-8(7)11-10-5;1-5(10)7-3-2-6(9)4-8(7)11;1-2;/h2-8,13,17H,9-12,14H2,1H3,(H,25,31);1-5,12H,6-10H2,(H,16,19)(H,20,21);3-5,14H,1-2H3;2-4,13H,1H3,(H2,10,11);3-5H,1H3;2-4,11-12H,1H3;2-4H,1H3;2-4,11H,1H3;1H3;1H2/b;;12-6+;;;10-5+;;;;/i;;;;;;;;1D;. The number of carbonyl (C=O) groups excluding carboxylic acids is 6. The van der Waals surface area contributed by atoms with Crippen molar-refractivity contribution in [1.82, 2.24) is 51.2 Å². The summed E-state index contributed by atoms with van der Waals surface area (Å²) >= 11 is 13.0. The number of carboxylic acids is 1.